The van der Waals surface area contributed by atoms with Gasteiger partial charge in [-0.3, -0.25) is 9.59 Å². The lowest BCUT2D eigenvalue weighted by Crippen LogP contribution is -2.46. The number of hydrogen-bond acceptors (Lipinski definition) is 5. The second-order valence-corrected chi connectivity index (χ2v) is 6.57. The lowest BCUT2D eigenvalue weighted by atomic mass is 9.83. The molecule has 30 heavy (non-hydrogen) atoms. The zero-order valence-corrected chi connectivity index (χ0v) is 16.9. The van der Waals surface area contributed by atoms with E-state index in [0.29, 0.717) is 6.29 Å². The molecule has 0 bridgehead atoms. The number of allylic oxidation sites excluding steroid dienone is 3. The summed E-state index contributed by atoms with van der Waals surface area (Å²) in [6, 6.07) is -0.849. The highest BCUT2D eigenvalue weighted by Gasteiger charge is 2.38. The number of alkyl halides is 3. The van der Waals surface area contributed by atoms with Gasteiger partial charge in [-0.05, 0) is 6.08 Å². The number of aldehydes is 1. The summed E-state index contributed by atoms with van der Waals surface area (Å²) >= 11 is 0. The number of ether oxygens (including phenoxy) is 2. The molecule has 0 aliphatic heterocycles. The minimum absolute atomic E-state index is 0.0459. The molecule has 1 rings (SSSR count). The molecular formula is C18H24F4N4O4. The first-order valence-corrected chi connectivity index (χ1v) is 8.71. The number of aliphatic imine (C=N–C) groups is 1. The van der Waals surface area contributed by atoms with Gasteiger partial charge in [0.05, 0.1) is 12.6 Å². The van der Waals surface area contributed by atoms with Gasteiger partial charge in [0.15, 0.2) is 11.7 Å². The number of amides is 1. The Balaban J connectivity index is 3.09. The fraction of sp³-hybridized carbons (Fsp3) is 0.500. The minimum atomic E-state index is -5.04. The van der Waals surface area contributed by atoms with Crippen LogP contribution in [0, 0.1) is 11.8 Å². The molecule has 1 aliphatic rings. The summed E-state index contributed by atoms with van der Waals surface area (Å²) in [6.45, 7) is 1.26. The van der Waals surface area contributed by atoms with Crippen LogP contribution in [-0.4, -0.2) is 63.3 Å². The number of nitrogens with one attached hydrogen (secondary N) is 1. The van der Waals surface area contributed by atoms with E-state index in [9.17, 15) is 27.2 Å². The highest BCUT2D eigenvalue weighted by molar-refractivity contribution is 5.99. The van der Waals surface area contributed by atoms with Gasteiger partial charge >= 0.3 is 6.36 Å². The molecule has 3 unspecified atom stereocenters. The minimum Gasteiger partial charge on any atom is -0.403 e. The van der Waals surface area contributed by atoms with Crippen molar-refractivity contribution in [2.45, 2.75) is 19.3 Å². The summed E-state index contributed by atoms with van der Waals surface area (Å²) in [5.41, 5.74) is 5.36. The zero-order valence-electron chi connectivity index (χ0n) is 16.9. The molecule has 0 saturated carbocycles. The van der Waals surface area contributed by atoms with Crippen molar-refractivity contribution in [2.24, 2.45) is 22.6 Å². The molecule has 3 N–H and O–H groups in total. The van der Waals surface area contributed by atoms with Gasteiger partial charge < -0.3 is 25.4 Å². The van der Waals surface area contributed by atoms with E-state index >= 15 is 0 Å². The normalized spacial score (nSPS) is 21.3. The van der Waals surface area contributed by atoms with Gasteiger partial charge in [-0.1, -0.05) is 13.0 Å². The molecule has 0 fully saturated rings. The average Bonchev–Trinajstić information content (AvgIpc) is 2.63. The highest BCUT2D eigenvalue weighted by atomic mass is 19.4. The molecule has 0 spiro atoms. The first-order valence-electron chi connectivity index (χ1n) is 8.71. The molecule has 1 aliphatic carbocycles. The summed E-state index contributed by atoms with van der Waals surface area (Å²) < 4.78 is 60.4. The molecule has 12 heteroatoms. The number of methoxy groups -OCH3 is 1. The van der Waals surface area contributed by atoms with Gasteiger partial charge in [-0.25, -0.2) is 9.38 Å². The van der Waals surface area contributed by atoms with Crippen LogP contribution in [-0.2, 0) is 19.1 Å². The summed E-state index contributed by atoms with van der Waals surface area (Å²) in [7, 11) is 4.49. The Morgan fingerprint density at radius 1 is 1.43 bits per heavy atom. The molecule has 8 nitrogen and oxygen atoms in total. The largest absolute Gasteiger partial charge is 0.573 e. The Hall–Kier alpha value is -2.89. The number of nitrogens with two attached hydrogens (primary N) is 1. The second kappa shape index (κ2) is 10.8. The van der Waals surface area contributed by atoms with Crippen LogP contribution in [0.2, 0.25) is 0 Å². The number of hydrogen-bond donors (Lipinski definition) is 2. The maximum atomic E-state index is 14.4. The molecule has 0 aromatic carbocycles. The van der Waals surface area contributed by atoms with Crippen molar-refractivity contribution < 1.29 is 36.6 Å². The van der Waals surface area contributed by atoms with Gasteiger partial charge in [0.25, 0.3) is 5.91 Å². The van der Waals surface area contributed by atoms with Crippen LogP contribution in [0.5, 0.6) is 0 Å². The number of carbonyl (C=O) groups is 2. The molecular weight excluding hydrogens is 412 g/mol. The van der Waals surface area contributed by atoms with Gasteiger partial charge in [-0.2, -0.15) is 0 Å². The number of nitrogens with zero attached hydrogens (tertiary/aromatic N) is 2. The zero-order chi connectivity index (χ0) is 23.1. The standard InChI is InChI=1S/C18H24F4N4O4/c1-10-11(5-6-14(15(10)19)30-18(20,21)22)13(9-29-4)24-16(28)12(7-8-27)25-17(23)26(2)3/h5-8,10-11,13H,9H2,1-4H3,(H2,23,25)(H,24,28)/b12-7-. The van der Waals surface area contributed by atoms with E-state index in [1.165, 1.54) is 25.0 Å². The van der Waals surface area contributed by atoms with E-state index in [1.807, 2.05) is 0 Å². The van der Waals surface area contributed by atoms with Crippen molar-refractivity contribution in [3.05, 3.63) is 35.5 Å². The van der Waals surface area contributed by atoms with Crippen molar-refractivity contribution in [3.63, 3.8) is 0 Å². The van der Waals surface area contributed by atoms with E-state index in [4.69, 9.17) is 10.5 Å². The number of carbonyl (C=O) groups excluding carboxylic acids is 2. The molecule has 3 atom stereocenters. The van der Waals surface area contributed by atoms with Gasteiger partial charge in [0.1, 0.15) is 17.8 Å². The number of halogens is 4. The summed E-state index contributed by atoms with van der Waals surface area (Å²) in [5.74, 6) is -4.72. The van der Waals surface area contributed by atoms with Gasteiger partial charge in [0, 0.05) is 39.1 Å². The highest BCUT2D eigenvalue weighted by Crippen LogP contribution is 2.36. The van der Waals surface area contributed by atoms with Crippen LogP contribution in [0.1, 0.15) is 6.92 Å². The van der Waals surface area contributed by atoms with Crippen LogP contribution in [0.15, 0.2) is 40.5 Å². The van der Waals surface area contributed by atoms with Crippen molar-refractivity contribution in [1.82, 2.24) is 10.2 Å². The van der Waals surface area contributed by atoms with E-state index in [1.54, 1.807) is 14.1 Å². The molecule has 1 amide bonds. The maximum absolute atomic E-state index is 14.4. The predicted molar refractivity (Wildman–Crippen MR) is 100 cm³/mol. The van der Waals surface area contributed by atoms with Crippen LogP contribution in [0.25, 0.3) is 0 Å². The third kappa shape index (κ3) is 7.17. The molecule has 0 heterocycles. The SMILES string of the molecule is COCC(NC(=O)/C(=C/C=O)N=C(N)N(C)C)C1C=CC(OC(F)(F)F)=C(F)C1C. The van der Waals surface area contributed by atoms with Gasteiger partial charge in [0.2, 0.25) is 0 Å². The molecule has 168 valence electrons. The molecule has 0 saturated heterocycles. The average molecular weight is 436 g/mol. The summed E-state index contributed by atoms with van der Waals surface area (Å²) in [4.78, 5) is 28.7. The third-order valence-electron chi connectivity index (χ3n) is 4.19. The lowest BCUT2D eigenvalue weighted by molar-refractivity contribution is -0.304. The number of guanidine groups is 1. The van der Waals surface area contributed by atoms with Crippen molar-refractivity contribution in [1.29, 1.82) is 0 Å². The topological polar surface area (TPSA) is 106 Å². The molecule has 0 radical (unpaired) electrons. The Labute approximate surface area is 171 Å². The van der Waals surface area contributed by atoms with E-state index < -0.39 is 41.7 Å². The predicted octanol–water partition coefficient (Wildman–Crippen LogP) is 1.62. The lowest BCUT2D eigenvalue weighted by Gasteiger charge is -2.32. The fourth-order valence-corrected chi connectivity index (χ4v) is 2.65. The van der Waals surface area contributed by atoms with Crippen LogP contribution in [0.3, 0.4) is 0 Å². The monoisotopic (exact) mass is 436 g/mol. The Kier molecular flexibility index (Phi) is 9.02. The Bertz CT molecular complexity index is 760. The van der Waals surface area contributed by atoms with Crippen LogP contribution in [0.4, 0.5) is 17.6 Å². The van der Waals surface area contributed by atoms with Crippen LogP contribution >= 0.6 is 0 Å². The second-order valence-electron chi connectivity index (χ2n) is 6.57. The third-order valence-corrected chi connectivity index (χ3v) is 4.19. The molecule has 0 aromatic heterocycles. The maximum Gasteiger partial charge on any atom is 0.573 e. The van der Waals surface area contributed by atoms with Crippen molar-refractivity contribution >= 4 is 18.2 Å². The van der Waals surface area contributed by atoms with Crippen LogP contribution < -0.4 is 11.1 Å². The van der Waals surface area contributed by atoms with Crippen molar-refractivity contribution in [2.75, 3.05) is 27.8 Å². The summed E-state index contributed by atoms with van der Waals surface area (Å²) in [5, 5.41) is 2.56. The fourth-order valence-electron chi connectivity index (χ4n) is 2.65. The Morgan fingerprint density at radius 3 is 2.57 bits per heavy atom. The number of rotatable bonds is 8. The first kappa shape index (κ1) is 25.1. The quantitative estimate of drug-likeness (QED) is 0.197. The summed E-state index contributed by atoms with van der Waals surface area (Å²) in [6.07, 6.45) is -1.65. The van der Waals surface area contributed by atoms with Crippen molar-refractivity contribution in [3.8, 4) is 0 Å². The van der Waals surface area contributed by atoms with Gasteiger partial charge in [-0.15, -0.1) is 13.2 Å². The van der Waals surface area contributed by atoms with E-state index in [0.717, 1.165) is 12.2 Å². The first-order chi connectivity index (χ1) is 13.9. The van der Waals surface area contributed by atoms with E-state index in [-0.39, 0.29) is 18.3 Å². The molecule has 0 aromatic rings. The smallest absolute Gasteiger partial charge is 0.403 e. The van der Waals surface area contributed by atoms with E-state index in [2.05, 4.69) is 15.0 Å². The Morgan fingerprint density at radius 2 is 2.07 bits per heavy atom.